The van der Waals surface area contributed by atoms with Crippen molar-refractivity contribution >= 4 is 29.2 Å². The highest BCUT2D eigenvalue weighted by atomic mass is 16.6. The van der Waals surface area contributed by atoms with Crippen LogP contribution in [0.15, 0.2) is 48.0 Å². The molecule has 0 aromatic heterocycles. The number of methoxy groups -OCH3 is 2. The van der Waals surface area contributed by atoms with Crippen LogP contribution in [0.2, 0.25) is 0 Å². The number of nitro groups is 1. The van der Waals surface area contributed by atoms with Gasteiger partial charge in [0.05, 0.1) is 87.1 Å². The lowest BCUT2D eigenvalue weighted by Crippen LogP contribution is -3.16. The number of anilines is 1. The first-order valence-electron chi connectivity index (χ1n) is 17.5. The number of carboxylic acid groups (broad SMARTS) is 1. The number of nitro benzene ring substituents is 1. The summed E-state index contributed by atoms with van der Waals surface area (Å²) >= 11 is 0. The molecule has 0 radical (unpaired) electrons. The quantitative estimate of drug-likeness (QED) is 0.0876. The number of hydrogen-bond donors (Lipinski definition) is 7. The SMILES string of the molecule is CO.CO.CO.CO.COc1cc2c(cc1OC)[C@@]13CC[NH+]4CC5=CCO[C@H]6CC(=O)N2[C@H]1[C@H]6[C@H]5C[C@H]43.O=C(N[C@@H](CO)C(=O)[O-])c1ccc([N+](=O)[O-])cc1. The smallest absolute Gasteiger partial charge is 0.269 e. The maximum absolute atomic E-state index is 13.5. The van der Waals surface area contributed by atoms with Gasteiger partial charge in [0, 0.05) is 71.0 Å². The number of piperidine rings is 2. The number of amides is 2. The van der Waals surface area contributed by atoms with Crippen LogP contribution < -0.4 is 29.7 Å². The number of rotatable bonds is 7. The summed E-state index contributed by atoms with van der Waals surface area (Å²) in [6, 6.07) is 8.06. The van der Waals surface area contributed by atoms with Crippen LogP contribution in [0, 0.1) is 22.0 Å². The van der Waals surface area contributed by atoms with Gasteiger partial charge in [-0.1, -0.05) is 6.08 Å². The Morgan fingerprint density at radius 2 is 1.67 bits per heavy atom. The van der Waals surface area contributed by atoms with E-state index in [1.54, 1.807) is 24.7 Å². The van der Waals surface area contributed by atoms with Crippen LogP contribution >= 0.6 is 0 Å². The molecule has 8 rings (SSSR count). The Balaban J connectivity index is 0.000000272. The zero-order chi connectivity index (χ0) is 41.2. The lowest BCUT2D eigenvalue weighted by Gasteiger charge is -2.56. The first-order valence-corrected chi connectivity index (χ1v) is 17.5. The molecule has 1 spiro atoms. The van der Waals surface area contributed by atoms with E-state index in [0.717, 1.165) is 65.0 Å². The number of quaternary nitrogens is 1. The van der Waals surface area contributed by atoms with Gasteiger partial charge in [-0.05, 0) is 35.3 Å². The normalized spacial score (nSPS) is 26.9. The van der Waals surface area contributed by atoms with E-state index < -0.39 is 29.4 Å². The van der Waals surface area contributed by atoms with Gasteiger partial charge in [-0.2, -0.15) is 0 Å². The number of carbonyl (C=O) groups is 3. The molecule has 1 saturated carbocycles. The number of non-ortho nitro benzene ring substituents is 1. The number of hydrogen-bond acceptors (Lipinski definition) is 14. The second-order valence-corrected chi connectivity index (χ2v) is 13.0. The molecule has 18 heteroatoms. The van der Waals surface area contributed by atoms with Gasteiger partial charge < -0.3 is 64.8 Å². The highest BCUT2D eigenvalue weighted by molar-refractivity contribution is 6.00. The van der Waals surface area contributed by atoms with Crippen LogP contribution in [-0.2, 0) is 19.7 Å². The molecule has 2 bridgehead atoms. The van der Waals surface area contributed by atoms with Gasteiger partial charge in [0.15, 0.2) is 11.5 Å². The first kappa shape index (κ1) is 44.7. The van der Waals surface area contributed by atoms with Crippen molar-refractivity contribution in [2.45, 2.75) is 48.9 Å². The largest absolute Gasteiger partial charge is 0.548 e. The number of ether oxygens (including phenoxy) is 3. The molecular weight excluding hydrogens is 724 g/mol. The summed E-state index contributed by atoms with van der Waals surface area (Å²) in [4.78, 5) is 49.1. The third-order valence-electron chi connectivity index (χ3n) is 11.1. The second kappa shape index (κ2) is 19.8. The van der Waals surface area contributed by atoms with Crippen LogP contribution in [0.1, 0.15) is 35.2 Å². The Labute approximate surface area is 318 Å². The molecule has 1 aliphatic carbocycles. The van der Waals surface area contributed by atoms with Gasteiger partial charge in [-0.25, -0.2) is 0 Å². The number of fused-ring (bicyclic) bond motifs is 2. The van der Waals surface area contributed by atoms with Gasteiger partial charge in [0.25, 0.3) is 11.6 Å². The lowest BCUT2D eigenvalue weighted by atomic mass is 9.53. The van der Waals surface area contributed by atoms with E-state index in [9.17, 15) is 29.6 Å². The third kappa shape index (κ3) is 8.02. The van der Waals surface area contributed by atoms with E-state index in [0.29, 0.717) is 36.7 Å². The molecular formula is C37H52N4O14. The number of carbonyl (C=O) groups excluding carboxylic acids is 3. The molecule has 2 aromatic rings. The van der Waals surface area contributed by atoms with Gasteiger partial charge in [0.1, 0.15) is 6.04 Å². The average Bonchev–Trinajstić information content (AvgIpc) is 3.70. The number of nitrogens with one attached hydrogen (secondary N) is 2. The zero-order valence-electron chi connectivity index (χ0n) is 31.8. The molecule has 1 unspecified atom stereocenters. The number of aliphatic hydroxyl groups is 5. The highest BCUT2D eigenvalue weighted by Crippen LogP contribution is 2.63. The van der Waals surface area contributed by atoms with Crippen molar-refractivity contribution in [1.29, 1.82) is 0 Å². The Kier molecular flexibility index (Phi) is 16.1. The fourth-order valence-electron chi connectivity index (χ4n) is 9.25. The van der Waals surface area contributed by atoms with Crippen molar-refractivity contribution in [1.82, 2.24) is 5.32 Å². The summed E-state index contributed by atoms with van der Waals surface area (Å²) in [7, 11) is 7.37. The summed E-state index contributed by atoms with van der Waals surface area (Å²) in [6.45, 7) is 2.18. The molecule has 7 N–H and O–H groups in total. The van der Waals surface area contributed by atoms with Crippen molar-refractivity contribution in [3.63, 3.8) is 0 Å². The molecule has 55 heavy (non-hydrogen) atoms. The number of nitrogens with zero attached hydrogens (tertiary/aromatic N) is 2. The predicted molar refractivity (Wildman–Crippen MR) is 195 cm³/mol. The van der Waals surface area contributed by atoms with Crippen LogP contribution in [0.4, 0.5) is 11.4 Å². The number of carboxylic acids is 1. The topological polar surface area (TPSA) is 266 Å². The number of aliphatic hydroxyl groups excluding tert-OH is 5. The molecule has 8 atom stereocenters. The van der Waals surface area contributed by atoms with Crippen molar-refractivity contribution in [2.75, 3.05) is 73.9 Å². The maximum atomic E-state index is 13.5. The standard InChI is InChI=1S/C23H26N2O4.C10H10N2O6.4CH4O/c1-27-16-8-14-15(9-17(16)28-2)25-20(26)10-18-21-13-7-19-23(14,22(21)25)4-5-24(19)11-12(13)3-6-29-18;13-5-8(10(15)16)11-9(14)6-1-3-7(4-2-6)12(17)18;4*1-2/h3,8-9,13,18-19,21-22H,4-7,10-11H2,1-2H3;1-4,8,13H,5H2,(H,11,14)(H,15,16);4*2H,1H3/t13-,18-,19-,21-,22-,23+;8-;;;;/m00..../s1. The predicted octanol–water partition coefficient (Wildman–Crippen LogP) is -2.44. The molecule has 304 valence electrons. The van der Waals surface area contributed by atoms with E-state index in [4.69, 9.17) is 39.7 Å². The minimum absolute atomic E-state index is 0.0128. The summed E-state index contributed by atoms with van der Waals surface area (Å²) < 4.78 is 17.6. The molecule has 5 aliphatic heterocycles. The summed E-state index contributed by atoms with van der Waals surface area (Å²) in [5.41, 5.74) is 3.81. The zero-order valence-corrected chi connectivity index (χ0v) is 31.8. The fraction of sp³-hybridized carbons (Fsp3) is 0.541. The fourth-order valence-corrected chi connectivity index (χ4v) is 9.25. The van der Waals surface area contributed by atoms with Crippen molar-refractivity contribution in [2.24, 2.45) is 11.8 Å². The van der Waals surface area contributed by atoms with E-state index in [2.05, 4.69) is 23.1 Å². The third-order valence-corrected chi connectivity index (χ3v) is 11.1. The van der Waals surface area contributed by atoms with Gasteiger partial charge in [0.2, 0.25) is 5.91 Å². The van der Waals surface area contributed by atoms with E-state index in [1.165, 1.54) is 30.7 Å². The van der Waals surface area contributed by atoms with Crippen molar-refractivity contribution in [3.8, 4) is 11.5 Å². The van der Waals surface area contributed by atoms with Crippen LogP contribution in [0.5, 0.6) is 11.5 Å². The van der Waals surface area contributed by atoms with Gasteiger partial charge in [-0.3, -0.25) is 19.7 Å². The van der Waals surface area contributed by atoms with Gasteiger partial charge in [-0.15, -0.1) is 0 Å². The van der Waals surface area contributed by atoms with Crippen molar-refractivity contribution in [3.05, 3.63) is 69.3 Å². The van der Waals surface area contributed by atoms with E-state index in [-0.39, 0.29) is 34.7 Å². The Hall–Kier alpha value is -4.69. The number of benzene rings is 2. The Morgan fingerprint density at radius 3 is 2.24 bits per heavy atom. The van der Waals surface area contributed by atoms with Crippen LogP contribution in [0.25, 0.3) is 0 Å². The van der Waals surface area contributed by atoms with Gasteiger partial charge >= 0.3 is 0 Å². The monoisotopic (exact) mass is 776 g/mol. The number of aliphatic carboxylic acids is 1. The van der Waals surface area contributed by atoms with Crippen LogP contribution in [-0.4, -0.2) is 141 Å². The highest BCUT2D eigenvalue weighted by Gasteiger charge is 2.73. The molecule has 4 fully saturated rings. The molecule has 2 amide bonds. The van der Waals surface area contributed by atoms with E-state index >= 15 is 0 Å². The van der Waals surface area contributed by atoms with Crippen LogP contribution in [0.3, 0.4) is 0 Å². The maximum Gasteiger partial charge on any atom is 0.269 e. The molecule has 2 aromatic carbocycles. The molecule has 18 nitrogen and oxygen atoms in total. The minimum atomic E-state index is -1.62. The Bertz CT molecular complexity index is 1690. The second-order valence-electron chi connectivity index (χ2n) is 13.0. The van der Waals surface area contributed by atoms with Crippen molar-refractivity contribution < 1.29 is 69.1 Å². The first-order chi connectivity index (χ1) is 26.6. The summed E-state index contributed by atoms with van der Waals surface area (Å²) in [6.07, 6.45) is 5.22. The summed E-state index contributed by atoms with van der Waals surface area (Å²) in [5, 5.41) is 59.5. The molecule has 5 heterocycles. The minimum Gasteiger partial charge on any atom is -0.548 e. The lowest BCUT2D eigenvalue weighted by molar-refractivity contribution is -0.916. The average molecular weight is 777 g/mol. The van der Waals surface area contributed by atoms with E-state index in [1.807, 2.05) is 5.32 Å². The Morgan fingerprint density at radius 1 is 1.05 bits per heavy atom. The molecule has 6 aliphatic rings. The summed E-state index contributed by atoms with van der Waals surface area (Å²) in [5.74, 6) is 0.245. The molecule has 3 saturated heterocycles.